The predicted molar refractivity (Wildman–Crippen MR) is 87.9 cm³/mol. The fraction of sp³-hybridized carbons (Fsp3) is 0.412. The number of alkyl carbamates (subject to hydrolysis) is 1. The molecule has 2 N–H and O–H groups in total. The lowest BCUT2D eigenvalue weighted by Gasteiger charge is -2.21. The van der Waals surface area contributed by atoms with Crippen LogP contribution < -0.4 is 5.32 Å². The number of hydrogen-bond acceptors (Lipinski definition) is 3. The summed E-state index contributed by atoms with van der Waals surface area (Å²) in [6.07, 6.45) is 0.604. The van der Waals surface area contributed by atoms with E-state index in [9.17, 15) is 14.7 Å². The third-order valence-electron chi connectivity index (χ3n) is 3.29. The van der Waals surface area contributed by atoms with Crippen LogP contribution in [0.25, 0.3) is 10.9 Å². The summed E-state index contributed by atoms with van der Waals surface area (Å²) in [4.78, 5) is 23.1. The number of nitrogens with zero attached hydrogens (tertiary/aromatic N) is 1. The first-order valence-electron chi connectivity index (χ1n) is 7.49. The summed E-state index contributed by atoms with van der Waals surface area (Å²) < 4.78 is 6.43. The smallest absolute Gasteiger partial charge is 0.416 e. The lowest BCUT2D eigenvalue weighted by atomic mass is 10.1. The molecular weight excluding hydrogens is 296 g/mol. The van der Waals surface area contributed by atoms with Crippen molar-refractivity contribution in [2.45, 2.75) is 45.8 Å². The molecule has 2 rings (SSSR count). The van der Waals surface area contributed by atoms with Crippen molar-refractivity contribution in [3.63, 3.8) is 0 Å². The number of hydrogen-bond donors (Lipinski definition) is 2. The van der Waals surface area contributed by atoms with Crippen LogP contribution in [0, 0.1) is 0 Å². The van der Waals surface area contributed by atoms with Gasteiger partial charge in [-0.25, -0.2) is 9.59 Å². The van der Waals surface area contributed by atoms with Crippen LogP contribution in [-0.2, 0) is 11.2 Å². The van der Waals surface area contributed by atoms with Gasteiger partial charge in [0.1, 0.15) is 5.60 Å². The number of amides is 1. The van der Waals surface area contributed by atoms with Crippen molar-refractivity contribution in [3.8, 4) is 0 Å². The molecule has 1 atom stereocenters. The number of carboxylic acid groups (broad SMARTS) is 1. The van der Waals surface area contributed by atoms with Gasteiger partial charge in [-0.1, -0.05) is 18.2 Å². The Morgan fingerprint density at radius 3 is 2.57 bits per heavy atom. The molecule has 1 aromatic heterocycles. The fourth-order valence-corrected chi connectivity index (χ4v) is 2.46. The van der Waals surface area contributed by atoms with Crippen molar-refractivity contribution in [1.82, 2.24) is 9.88 Å². The quantitative estimate of drug-likeness (QED) is 0.905. The van der Waals surface area contributed by atoms with Crippen molar-refractivity contribution < 1.29 is 19.4 Å². The van der Waals surface area contributed by atoms with Crippen LogP contribution in [-0.4, -0.2) is 33.5 Å². The molecular formula is C17H22N2O4. The standard InChI is InChI=1S/C17H22N2O4/c1-11(18-15(20)23-17(2,3)4)9-12-10-19(16(21)22)14-8-6-5-7-13(12)14/h5-8,10-11H,9H2,1-4H3,(H,18,20)(H,21,22)/t11-/m1/s1. The summed E-state index contributed by atoms with van der Waals surface area (Å²) in [6, 6.07) is 7.12. The molecule has 0 fully saturated rings. The fourth-order valence-electron chi connectivity index (χ4n) is 2.46. The summed E-state index contributed by atoms with van der Waals surface area (Å²) in [7, 11) is 0. The third-order valence-corrected chi connectivity index (χ3v) is 3.29. The Morgan fingerprint density at radius 2 is 1.96 bits per heavy atom. The molecule has 0 unspecified atom stereocenters. The summed E-state index contributed by atoms with van der Waals surface area (Å²) in [6.45, 7) is 7.27. The first kappa shape index (κ1) is 16.9. The number of carbonyl (C=O) groups excluding carboxylic acids is 1. The molecule has 0 saturated heterocycles. The Hall–Kier alpha value is -2.50. The number of carbonyl (C=O) groups is 2. The van der Waals surface area contributed by atoms with Gasteiger partial charge in [-0.2, -0.15) is 0 Å². The van der Waals surface area contributed by atoms with Crippen molar-refractivity contribution >= 4 is 23.1 Å². The molecule has 6 heteroatoms. The second-order valence-electron chi connectivity index (χ2n) is 6.58. The zero-order chi connectivity index (χ0) is 17.2. The van der Waals surface area contributed by atoms with E-state index < -0.39 is 17.8 Å². The van der Waals surface area contributed by atoms with E-state index in [-0.39, 0.29) is 6.04 Å². The van der Waals surface area contributed by atoms with Gasteiger partial charge < -0.3 is 15.2 Å². The summed E-state index contributed by atoms with van der Waals surface area (Å²) in [5.74, 6) is 0. The van der Waals surface area contributed by atoms with Crippen molar-refractivity contribution in [3.05, 3.63) is 36.0 Å². The van der Waals surface area contributed by atoms with E-state index in [0.29, 0.717) is 11.9 Å². The first-order chi connectivity index (χ1) is 10.7. The van der Waals surface area contributed by atoms with Gasteiger partial charge in [0.15, 0.2) is 0 Å². The molecule has 124 valence electrons. The molecule has 0 bridgehead atoms. The number of ether oxygens (including phenoxy) is 1. The highest BCUT2D eigenvalue weighted by atomic mass is 16.6. The number of aromatic nitrogens is 1. The minimum atomic E-state index is -1.03. The second-order valence-corrected chi connectivity index (χ2v) is 6.58. The molecule has 0 aliphatic heterocycles. The molecule has 0 aliphatic rings. The minimum absolute atomic E-state index is 0.182. The van der Waals surface area contributed by atoms with Gasteiger partial charge >= 0.3 is 12.2 Å². The maximum atomic E-state index is 11.8. The van der Waals surface area contributed by atoms with Crippen LogP contribution in [0.15, 0.2) is 30.5 Å². The second kappa shape index (κ2) is 6.32. The minimum Gasteiger partial charge on any atom is -0.464 e. The topological polar surface area (TPSA) is 80.6 Å². The van der Waals surface area contributed by atoms with E-state index in [1.807, 2.05) is 19.1 Å². The largest absolute Gasteiger partial charge is 0.464 e. The van der Waals surface area contributed by atoms with Crippen LogP contribution in [0.1, 0.15) is 33.3 Å². The van der Waals surface area contributed by atoms with E-state index in [4.69, 9.17) is 4.74 Å². The first-order valence-corrected chi connectivity index (χ1v) is 7.49. The van der Waals surface area contributed by atoms with Gasteiger partial charge in [0, 0.05) is 17.6 Å². The summed E-state index contributed by atoms with van der Waals surface area (Å²) >= 11 is 0. The third kappa shape index (κ3) is 4.25. The van der Waals surface area contributed by atoms with Crippen LogP contribution in [0.5, 0.6) is 0 Å². The molecule has 1 amide bonds. The molecule has 0 saturated carbocycles. The maximum Gasteiger partial charge on any atom is 0.416 e. The number of rotatable bonds is 3. The molecule has 2 aromatic rings. The van der Waals surface area contributed by atoms with E-state index in [1.54, 1.807) is 39.1 Å². The van der Waals surface area contributed by atoms with Gasteiger partial charge in [0.05, 0.1) is 5.52 Å². The monoisotopic (exact) mass is 318 g/mol. The lowest BCUT2D eigenvalue weighted by Crippen LogP contribution is -2.38. The molecule has 1 heterocycles. The highest BCUT2D eigenvalue weighted by Gasteiger charge is 2.19. The van der Waals surface area contributed by atoms with Gasteiger partial charge in [-0.05, 0) is 45.7 Å². The van der Waals surface area contributed by atoms with Crippen LogP contribution in [0.2, 0.25) is 0 Å². The average Bonchev–Trinajstić information content (AvgIpc) is 2.75. The molecule has 0 radical (unpaired) electrons. The highest BCUT2D eigenvalue weighted by molar-refractivity contribution is 5.91. The predicted octanol–water partition coefficient (Wildman–Crippen LogP) is 3.62. The molecule has 0 spiro atoms. The van der Waals surface area contributed by atoms with E-state index in [1.165, 1.54) is 4.57 Å². The van der Waals surface area contributed by atoms with Gasteiger partial charge in [-0.15, -0.1) is 0 Å². The van der Waals surface area contributed by atoms with Gasteiger partial charge in [-0.3, -0.25) is 4.57 Å². The zero-order valence-corrected chi connectivity index (χ0v) is 13.8. The SMILES string of the molecule is C[C@H](Cc1cn(C(=O)O)c2ccccc12)NC(=O)OC(C)(C)C. The Balaban J connectivity index is 2.15. The average molecular weight is 318 g/mol. The summed E-state index contributed by atoms with van der Waals surface area (Å²) in [5, 5.41) is 12.9. The number of para-hydroxylation sites is 1. The van der Waals surface area contributed by atoms with Gasteiger partial charge in [0.2, 0.25) is 0 Å². The van der Waals surface area contributed by atoms with Crippen LogP contribution in [0.4, 0.5) is 9.59 Å². The normalized spacial score (nSPS) is 12.9. The van der Waals surface area contributed by atoms with E-state index in [0.717, 1.165) is 10.9 Å². The van der Waals surface area contributed by atoms with E-state index in [2.05, 4.69) is 5.32 Å². The molecule has 0 aliphatic carbocycles. The van der Waals surface area contributed by atoms with Crippen molar-refractivity contribution in [2.75, 3.05) is 0 Å². The van der Waals surface area contributed by atoms with Gasteiger partial charge in [0.25, 0.3) is 0 Å². The van der Waals surface area contributed by atoms with Crippen LogP contribution in [0.3, 0.4) is 0 Å². The zero-order valence-electron chi connectivity index (χ0n) is 13.8. The Labute approximate surface area is 135 Å². The molecule has 6 nitrogen and oxygen atoms in total. The van der Waals surface area contributed by atoms with Crippen LogP contribution >= 0.6 is 0 Å². The number of benzene rings is 1. The van der Waals surface area contributed by atoms with Crippen molar-refractivity contribution in [2.24, 2.45) is 0 Å². The highest BCUT2D eigenvalue weighted by Crippen LogP contribution is 2.22. The van der Waals surface area contributed by atoms with E-state index >= 15 is 0 Å². The Bertz CT molecular complexity index is 728. The molecule has 23 heavy (non-hydrogen) atoms. The lowest BCUT2D eigenvalue weighted by molar-refractivity contribution is 0.0508. The Morgan fingerprint density at radius 1 is 1.30 bits per heavy atom. The maximum absolute atomic E-state index is 11.8. The number of nitrogens with one attached hydrogen (secondary N) is 1. The molecule has 1 aromatic carbocycles. The number of fused-ring (bicyclic) bond motifs is 1. The Kier molecular flexibility index (Phi) is 4.63. The van der Waals surface area contributed by atoms with Crippen molar-refractivity contribution in [1.29, 1.82) is 0 Å². The summed E-state index contributed by atoms with van der Waals surface area (Å²) in [5.41, 5.74) is 0.953.